The van der Waals surface area contributed by atoms with E-state index in [1.165, 1.54) is 7.11 Å². The molecule has 17 heavy (non-hydrogen) atoms. The van der Waals surface area contributed by atoms with Gasteiger partial charge in [0.25, 0.3) is 0 Å². The highest BCUT2D eigenvalue weighted by Crippen LogP contribution is 2.32. The Kier molecular flexibility index (Phi) is 3.84. The molecule has 0 amide bonds. The summed E-state index contributed by atoms with van der Waals surface area (Å²) < 4.78 is 28.0. The molecule has 96 valence electrons. The summed E-state index contributed by atoms with van der Waals surface area (Å²) in [6.07, 6.45) is 0.906. The van der Waals surface area contributed by atoms with Gasteiger partial charge in [-0.15, -0.1) is 0 Å². The molecule has 1 aromatic rings. The zero-order valence-electron chi connectivity index (χ0n) is 10.6. The number of rotatable bonds is 4. The third-order valence-corrected chi connectivity index (χ3v) is 4.07. The number of hydrogen-bond acceptors (Lipinski definition) is 3. The van der Waals surface area contributed by atoms with Crippen molar-refractivity contribution in [1.29, 1.82) is 0 Å². The van der Waals surface area contributed by atoms with Crippen LogP contribution < -0.4 is 9.88 Å². The zero-order valence-corrected chi connectivity index (χ0v) is 11.5. The van der Waals surface area contributed by atoms with Gasteiger partial charge >= 0.3 is 0 Å². The molecular formula is C12H19NO3S. The first kappa shape index (κ1) is 14.0. The van der Waals surface area contributed by atoms with Crippen molar-refractivity contribution in [2.75, 3.05) is 7.11 Å². The number of methoxy groups -OCH3 is 1. The summed E-state index contributed by atoms with van der Waals surface area (Å²) in [6, 6.07) is 5.11. The molecule has 0 saturated carbocycles. The molecule has 0 aliphatic heterocycles. The van der Waals surface area contributed by atoms with Crippen LogP contribution in [-0.2, 0) is 15.4 Å². The van der Waals surface area contributed by atoms with Crippen molar-refractivity contribution in [2.45, 2.75) is 37.5 Å². The van der Waals surface area contributed by atoms with Gasteiger partial charge in [0.2, 0.25) is 10.0 Å². The van der Waals surface area contributed by atoms with E-state index >= 15 is 0 Å². The average molecular weight is 257 g/mol. The number of benzene rings is 1. The summed E-state index contributed by atoms with van der Waals surface area (Å²) in [6.45, 7) is 6.17. The molecule has 0 aliphatic carbocycles. The SMILES string of the molecule is CCC(C)(C)c1ccc(OC)c(S(N)(=O)=O)c1. The van der Waals surface area contributed by atoms with Crippen LogP contribution >= 0.6 is 0 Å². The highest BCUT2D eigenvalue weighted by Gasteiger charge is 2.22. The van der Waals surface area contributed by atoms with Crippen LogP contribution in [0.1, 0.15) is 32.8 Å². The molecule has 2 N–H and O–H groups in total. The molecule has 1 rings (SSSR count). The van der Waals surface area contributed by atoms with Crippen molar-refractivity contribution in [1.82, 2.24) is 0 Å². The van der Waals surface area contributed by atoms with Crippen molar-refractivity contribution < 1.29 is 13.2 Å². The Labute approximate surface area is 103 Å². The van der Waals surface area contributed by atoms with Crippen molar-refractivity contribution in [3.8, 4) is 5.75 Å². The second-order valence-electron chi connectivity index (χ2n) is 4.65. The molecule has 4 nitrogen and oxygen atoms in total. The minimum Gasteiger partial charge on any atom is -0.495 e. The minimum absolute atomic E-state index is 0.0408. The molecule has 0 saturated heterocycles. The molecule has 1 aromatic carbocycles. The first-order valence-corrected chi connectivity index (χ1v) is 6.98. The Morgan fingerprint density at radius 3 is 2.35 bits per heavy atom. The standard InChI is InChI=1S/C12H19NO3S/c1-5-12(2,3)9-6-7-10(16-4)11(8-9)17(13,14)15/h6-8H,5H2,1-4H3,(H2,13,14,15). The van der Waals surface area contributed by atoms with Gasteiger partial charge < -0.3 is 4.74 Å². The van der Waals surface area contributed by atoms with Gasteiger partial charge in [-0.05, 0) is 29.5 Å². The van der Waals surface area contributed by atoms with Gasteiger partial charge in [-0.1, -0.05) is 26.8 Å². The van der Waals surface area contributed by atoms with E-state index in [4.69, 9.17) is 9.88 Å². The van der Waals surface area contributed by atoms with Crippen LogP contribution in [0.4, 0.5) is 0 Å². The van der Waals surface area contributed by atoms with Crippen LogP contribution in [0.15, 0.2) is 23.1 Å². The summed E-state index contributed by atoms with van der Waals surface area (Å²) in [5.74, 6) is 0.281. The molecule has 0 fully saturated rings. The highest BCUT2D eigenvalue weighted by atomic mass is 32.2. The fourth-order valence-corrected chi connectivity index (χ4v) is 2.25. The first-order chi connectivity index (χ1) is 7.72. The van der Waals surface area contributed by atoms with Crippen LogP contribution in [0.2, 0.25) is 0 Å². The lowest BCUT2D eigenvalue weighted by Crippen LogP contribution is -2.18. The van der Waals surface area contributed by atoms with E-state index in [9.17, 15) is 8.42 Å². The van der Waals surface area contributed by atoms with E-state index in [2.05, 4.69) is 20.8 Å². The maximum absolute atomic E-state index is 11.5. The van der Waals surface area contributed by atoms with Crippen LogP contribution in [-0.4, -0.2) is 15.5 Å². The Morgan fingerprint density at radius 2 is 1.94 bits per heavy atom. The summed E-state index contributed by atoms with van der Waals surface area (Å²) in [7, 11) is -2.34. The predicted molar refractivity (Wildman–Crippen MR) is 67.7 cm³/mol. The summed E-state index contributed by atoms with van der Waals surface area (Å²) in [4.78, 5) is 0.0408. The number of sulfonamides is 1. The molecule has 0 radical (unpaired) electrons. The van der Waals surface area contributed by atoms with Crippen molar-refractivity contribution in [3.05, 3.63) is 23.8 Å². The molecule has 0 spiro atoms. The quantitative estimate of drug-likeness (QED) is 0.897. The normalized spacial score (nSPS) is 12.5. The van der Waals surface area contributed by atoms with Crippen molar-refractivity contribution in [2.24, 2.45) is 5.14 Å². The molecular weight excluding hydrogens is 238 g/mol. The summed E-state index contributed by atoms with van der Waals surface area (Å²) in [5, 5.41) is 5.18. The van der Waals surface area contributed by atoms with Gasteiger partial charge in [0.05, 0.1) is 7.11 Å². The topological polar surface area (TPSA) is 69.4 Å². The van der Waals surface area contributed by atoms with Gasteiger partial charge in [0.1, 0.15) is 10.6 Å². The second kappa shape index (κ2) is 4.66. The number of ether oxygens (including phenoxy) is 1. The van der Waals surface area contributed by atoms with Crippen LogP contribution in [0, 0.1) is 0 Å². The number of nitrogens with two attached hydrogens (primary N) is 1. The van der Waals surface area contributed by atoms with Gasteiger partial charge in [0, 0.05) is 0 Å². The van der Waals surface area contributed by atoms with E-state index in [0.717, 1.165) is 12.0 Å². The Morgan fingerprint density at radius 1 is 1.35 bits per heavy atom. The van der Waals surface area contributed by atoms with Crippen molar-refractivity contribution in [3.63, 3.8) is 0 Å². The van der Waals surface area contributed by atoms with E-state index in [1.54, 1.807) is 12.1 Å². The van der Waals surface area contributed by atoms with E-state index in [1.807, 2.05) is 6.07 Å². The largest absolute Gasteiger partial charge is 0.495 e. The lowest BCUT2D eigenvalue weighted by Gasteiger charge is -2.24. The third kappa shape index (κ3) is 2.98. The zero-order chi connectivity index (χ0) is 13.3. The lowest BCUT2D eigenvalue weighted by atomic mass is 9.82. The predicted octanol–water partition coefficient (Wildman–Crippen LogP) is 2.03. The molecule has 5 heteroatoms. The van der Waals surface area contributed by atoms with E-state index < -0.39 is 10.0 Å². The molecule has 0 bridgehead atoms. The van der Waals surface area contributed by atoms with E-state index in [-0.39, 0.29) is 16.1 Å². The van der Waals surface area contributed by atoms with Crippen LogP contribution in [0.3, 0.4) is 0 Å². The average Bonchev–Trinajstić information content (AvgIpc) is 2.27. The van der Waals surface area contributed by atoms with E-state index in [0.29, 0.717) is 0 Å². The lowest BCUT2D eigenvalue weighted by molar-refractivity contribution is 0.401. The van der Waals surface area contributed by atoms with Gasteiger partial charge in [-0.2, -0.15) is 0 Å². The molecule has 0 atom stereocenters. The smallest absolute Gasteiger partial charge is 0.241 e. The van der Waals surface area contributed by atoms with Crippen LogP contribution in [0.5, 0.6) is 5.75 Å². The maximum Gasteiger partial charge on any atom is 0.241 e. The minimum atomic E-state index is -3.76. The monoisotopic (exact) mass is 257 g/mol. The van der Waals surface area contributed by atoms with Crippen LogP contribution in [0.25, 0.3) is 0 Å². The Balaban J connectivity index is 3.43. The molecule has 0 aromatic heterocycles. The summed E-state index contributed by atoms with van der Waals surface area (Å²) >= 11 is 0. The first-order valence-electron chi connectivity index (χ1n) is 5.43. The highest BCUT2D eigenvalue weighted by molar-refractivity contribution is 7.89. The fourth-order valence-electron chi connectivity index (χ4n) is 1.52. The number of hydrogen-bond donors (Lipinski definition) is 1. The Bertz CT molecular complexity index is 506. The third-order valence-electron chi connectivity index (χ3n) is 3.14. The maximum atomic E-state index is 11.5. The van der Waals surface area contributed by atoms with Gasteiger partial charge in [-0.25, -0.2) is 13.6 Å². The fraction of sp³-hybridized carbons (Fsp3) is 0.500. The molecule has 0 aliphatic rings. The Hall–Kier alpha value is -1.07. The molecule has 0 unspecified atom stereocenters. The van der Waals surface area contributed by atoms with Gasteiger partial charge in [-0.3, -0.25) is 0 Å². The summed E-state index contributed by atoms with van der Waals surface area (Å²) in [5.41, 5.74) is 0.843. The second-order valence-corrected chi connectivity index (χ2v) is 6.18. The van der Waals surface area contributed by atoms with Crippen molar-refractivity contribution >= 4 is 10.0 Å². The van der Waals surface area contributed by atoms with Gasteiger partial charge in [0.15, 0.2) is 0 Å². The number of primary sulfonamides is 1. The molecule has 0 heterocycles.